The molecule has 1 amide bonds. The second kappa shape index (κ2) is 5.87. The maximum atomic E-state index is 11.7. The van der Waals surface area contributed by atoms with Gasteiger partial charge in [0.2, 0.25) is 5.91 Å². The van der Waals surface area contributed by atoms with E-state index in [0.717, 1.165) is 11.1 Å². The Morgan fingerprint density at radius 2 is 2.21 bits per heavy atom. The largest absolute Gasteiger partial charge is 0.361 e. The van der Waals surface area contributed by atoms with Crippen molar-refractivity contribution in [2.45, 2.75) is 13.3 Å². The van der Waals surface area contributed by atoms with Crippen LogP contribution in [0.5, 0.6) is 0 Å². The predicted molar refractivity (Wildman–Crippen MR) is 74.7 cm³/mol. The molecule has 1 heterocycles. The van der Waals surface area contributed by atoms with Gasteiger partial charge in [0.15, 0.2) is 5.43 Å². The number of benzene rings is 1. The molecule has 0 atom stereocenters. The van der Waals surface area contributed by atoms with Crippen LogP contribution in [0.25, 0.3) is 10.9 Å². The molecule has 0 saturated carbocycles. The van der Waals surface area contributed by atoms with Gasteiger partial charge in [0, 0.05) is 48.6 Å². The summed E-state index contributed by atoms with van der Waals surface area (Å²) < 4.78 is 0. The highest BCUT2D eigenvalue weighted by atomic mass is 16.1. The van der Waals surface area contributed by atoms with E-state index in [9.17, 15) is 9.59 Å². The quantitative estimate of drug-likeness (QED) is 0.628. The van der Waals surface area contributed by atoms with Crippen LogP contribution in [0.1, 0.15) is 18.9 Å². The smallest absolute Gasteiger partial charge is 0.216 e. The van der Waals surface area contributed by atoms with Crippen LogP contribution >= 0.6 is 0 Å². The molecule has 96 valence electrons. The van der Waals surface area contributed by atoms with Crippen molar-refractivity contribution in [3.8, 4) is 11.8 Å². The van der Waals surface area contributed by atoms with Gasteiger partial charge >= 0.3 is 0 Å². The molecule has 0 bridgehead atoms. The van der Waals surface area contributed by atoms with E-state index in [4.69, 9.17) is 0 Å². The third-order valence-electron chi connectivity index (χ3n) is 2.62. The van der Waals surface area contributed by atoms with Gasteiger partial charge in [0.1, 0.15) is 0 Å². The molecule has 4 heteroatoms. The Bertz CT molecular complexity index is 720. The fraction of sp³-hybridized carbons (Fsp3) is 0.200. The number of pyridine rings is 1. The Morgan fingerprint density at radius 1 is 1.37 bits per heavy atom. The molecule has 2 N–H and O–H groups in total. The van der Waals surface area contributed by atoms with E-state index >= 15 is 0 Å². The van der Waals surface area contributed by atoms with Gasteiger partial charge in [-0.25, -0.2) is 0 Å². The molecule has 0 aliphatic heterocycles. The van der Waals surface area contributed by atoms with Crippen LogP contribution in [0, 0.1) is 11.8 Å². The first-order valence-corrected chi connectivity index (χ1v) is 6.01. The van der Waals surface area contributed by atoms with Gasteiger partial charge in [-0.1, -0.05) is 11.8 Å². The Kier molecular flexibility index (Phi) is 3.99. The molecule has 4 nitrogen and oxygen atoms in total. The molecule has 1 aromatic heterocycles. The number of carbonyl (C=O) groups excluding carboxylic acids is 1. The first kappa shape index (κ1) is 12.9. The van der Waals surface area contributed by atoms with Gasteiger partial charge in [-0.3, -0.25) is 9.59 Å². The number of rotatable bonds is 2. The van der Waals surface area contributed by atoms with Crippen LogP contribution < -0.4 is 10.7 Å². The maximum Gasteiger partial charge on any atom is 0.216 e. The second-order valence-corrected chi connectivity index (χ2v) is 4.14. The van der Waals surface area contributed by atoms with E-state index in [1.807, 2.05) is 12.1 Å². The van der Waals surface area contributed by atoms with Crippen LogP contribution in [-0.2, 0) is 4.79 Å². The van der Waals surface area contributed by atoms with Crippen molar-refractivity contribution in [2.75, 3.05) is 6.54 Å². The summed E-state index contributed by atoms with van der Waals surface area (Å²) in [5, 5.41) is 3.31. The van der Waals surface area contributed by atoms with Crippen molar-refractivity contribution >= 4 is 16.8 Å². The number of aromatic nitrogens is 1. The molecule has 0 saturated heterocycles. The average Bonchev–Trinajstić information content (AvgIpc) is 2.39. The van der Waals surface area contributed by atoms with E-state index in [2.05, 4.69) is 22.1 Å². The molecule has 0 spiro atoms. The lowest BCUT2D eigenvalue weighted by atomic mass is 10.1. The van der Waals surface area contributed by atoms with Crippen molar-refractivity contribution in [1.29, 1.82) is 0 Å². The zero-order valence-electron chi connectivity index (χ0n) is 10.6. The van der Waals surface area contributed by atoms with Crippen LogP contribution in [0.3, 0.4) is 0 Å². The summed E-state index contributed by atoms with van der Waals surface area (Å²) in [4.78, 5) is 25.3. The van der Waals surface area contributed by atoms with E-state index < -0.39 is 0 Å². The summed E-state index contributed by atoms with van der Waals surface area (Å²) in [7, 11) is 0. The van der Waals surface area contributed by atoms with E-state index in [0.29, 0.717) is 18.4 Å². The molecular weight excluding hydrogens is 240 g/mol. The fourth-order valence-electron chi connectivity index (χ4n) is 1.71. The zero-order valence-corrected chi connectivity index (χ0v) is 10.6. The lowest BCUT2D eigenvalue weighted by molar-refractivity contribution is -0.118. The number of carbonyl (C=O) groups is 1. The van der Waals surface area contributed by atoms with Crippen molar-refractivity contribution in [2.24, 2.45) is 0 Å². The highest BCUT2D eigenvalue weighted by Gasteiger charge is 1.97. The van der Waals surface area contributed by atoms with Gasteiger partial charge in [0.05, 0.1) is 0 Å². The molecule has 2 rings (SSSR count). The van der Waals surface area contributed by atoms with Crippen molar-refractivity contribution in [3.63, 3.8) is 0 Å². The minimum atomic E-state index is -0.0564. The Hall–Kier alpha value is -2.54. The first-order valence-electron chi connectivity index (χ1n) is 6.01. The van der Waals surface area contributed by atoms with Crippen molar-refractivity contribution < 1.29 is 4.79 Å². The lowest BCUT2D eigenvalue weighted by Crippen LogP contribution is -2.20. The molecule has 0 radical (unpaired) electrons. The van der Waals surface area contributed by atoms with Gasteiger partial charge in [-0.05, 0) is 18.2 Å². The number of H-pyrrole nitrogens is 1. The monoisotopic (exact) mass is 254 g/mol. The van der Waals surface area contributed by atoms with Gasteiger partial charge in [-0.2, -0.15) is 0 Å². The van der Waals surface area contributed by atoms with E-state index in [1.165, 1.54) is 13.0 Å². The zero-order chi connectivity index (χ0) is 13.7. The fourth-order valence-corrected chi connectivity index (χ4v) is 1.71. The topological polar surface area (TPSA) is 62.0 Å². The normalized spacial score (nSPS) is 9.74. The number of fused-ring (bicyclic) bond motifs is 1. The minimum absolute atomic E-state index is 0.0179. The third kappa shape index (κ3) is 3.46. The van der Waals surface area contributed by atoms with Gasteiger partial charge < -0.3 is 10.3 Å². The van der Waals surface area contributed by atoms with Gasteiger partial charge in [-0.15, -0.1) is 0 Å². The molecule has 0 aliphatic carbocycles. The second-order valence-electron chi connectivity index (χ2n) is 4.14. The lowest BCUT2D eigenvalue weighted by Gasteiger charge is -1.97. The summed E-state index contributed by atoms with van der Waals surface area (Å²) >= 11 is 0. The third-order valence-corrected chi connectivity index (χ3v) is 2.62. The molecule has 1 aromatic carbocycles. The molecule has 2 aromatic rings. The summed E-state index contributed by atoms with van der Waals surface area (Å²) in [5.74, 6) is 5.89. The first-order chi connectivity index (χ1) is 9.16. The Balaban J connectivity index is 2.14. The molecule has 0 aliphatic rings. The predicted octanol–water partition coefficient (Wildman–Crippen LogP) is 1.41. The SMILES string of the molecule is CC(=O)NCCC#Cc1ccc2[nH]ccc(=O)c2c1. The van der Waals surface area contributed by atoms with Crippen molar-refractivity contribution in [3.05, 3.63) is 46.2 Å². The molecular formula is C15H14N2O2. The molecule has 19 heavy (non-hydrogen) atoms. The summed E-state index contributed by atoms with van der Waals surface area (Å²) in [6.07, 6.45) is 2.21. The average molecular weight is 254 g/mol. The summed E-state index contributed by atoms with van der Waals surface area (Å²) in [6, 6.07) is 6.98. The maximum absolute atomic E-state index is 11.7. The molecule has 0 fully saturated rings. The number of hydrogen-bond acceptors (Lipinski definition) is 2. The molecule has 0 unspecified atom stereocenters. The highest BCUT2D eigenvalue weighted by Crippen LogP contribution is 2.08. The van der Waals surface area contributed by atoms with Gasteiger partial charge in [0.25, 0.3) is 0 Å². The van der Waals surface area contributed by atoms with E-state index in [1.54, 1.807) is 12.3 Å². The van der Waals surface area contributed by atoms with E-state index in [-0.39, 0.29) is 11.3 Å². The Morgan fingerprint density at radius 3 is 3.00 bits per heavy atom. The minimum Gasteiger partial charge on any atom is -0.361 e. The van der Waals surface area contributed by atoms with Crippen molar-refractivity contribution in [1.82, 2.24) is 10.3 Å². The van der Waals surface area contributed by atoms with Crippen LogP contribution in [-0.4, -0.2) is 17.4 Å². The summed E-state index contributed by atoms with van der Waals surface area (Å²) in [5.41, 5.74) is 1.58. The number of aromatic amines is 1. The van der Waals surface area contributed by atoms with Crippen LogP contribution in [0.15, 0.2) is 35.3 Å². The summed E-state index contributed by atoms with van der Waals surface area (Å²) in [6.45, 7) is 2.01. The number of hydrogen-bond donors (Lipinski definition) is 2. The number of amides is 1. The van der Waals surface area contributed by atoms with Crippen LogP contribution in [0.2, 0.25) is 0 Å². The number of nitrogens with one attached hydrogen (secondary N) is 2. The standard InChI is InChI=1S/C15H14N2O2/c1-11(18)16-8-3-2-4-12-5-6-14-13(10-12)15(19)7-9-17-14/h5-7,9-10H,3,8H2,1H3,(H,16,18)(H,17,19). The van der Waals surface area contributed by atoms with Crippen LogP contribution in [0.4, 0.5) is 0 Å². The Labute approximate surface area is 110 Å². The highest BCUT2D eigenvalue weighted by molar-refractivity contribution is 5.79.